The molecular formula is C32H31N3O5. The van der Waals surface area contributed by atoms with E-state index in [0.29, 0.717) is 29.2 Å². The SMILES string of the molecule is Cc1c(C#N)cncc1COc1cc(OCc2cccc(-c3ccccc3)c2C)ccc1CNC(CO)C(=O)O. The van der Waals surface area contributed by atoms with Crippen molar-refractivity contribution in [3.8, 4) is 28.7 Å². The van der Waals surface area contributed by atoms with Crippen molar-refractivity contribution in [3.05, 3.63) is 113 Å². The fourth-order valence-corrected chi connectivity index (χ4v) is 4.28. The maximum Gasteiger partial charge on any atom is 0.323 e. The number of carboxylic acids is 1. The van der Waals surface area contributed by atoms with E-state index in [-0.39, 0.29) is 13.2 Å². The molecule has 0 aliphatic carbocycles. The Morgan fingerprint density at radius 1 is 0.950 bits per heavy atom. The van der Waals surface area contributed by atoms with Crippen molar-refractivity contribution in [3.63, 3.8) is 0 Å². The molecule has 3 aromatic carbocycles. The number of ether oxygens (including phenoxy) is 2. The summed E-state index contributed by atoms with van der Waals surface area (Å²) in [6.07, 6.45) is 3.17. The number of pyridine rings is 1. The lowest BCUT2D eigenvalue weighted by atomic mass is 9.97. The third kappa shape index (κ3) is 6.83. The molecule has 0 amide bonds. The number of carboxylic acid groups (broad SMARTS) is 1. The number of nitrogens with zero attached hydrogens (tertiary/aromatic N) is 2. The first-order valence-electron chi connectivity index (χ1n) is 12.8. The monoisotopic (exact) mass is 537 g/mol. The van der Waals surface area contributed by atoms with Gasteiger partial charge in [0.1, 0.15) is 36.8 Å². The van der Waals surface area contributed by atoms with E-state index in [0.717, 1.165) is 33.4 Å². The lowest BCUT2D eigenvalue weighted by molar-refractivity contribution is -0.140. The van der Waals surface area contributed by atoms with Crippen LogP contribution in [-0.4, -0.2) is 33.8 Å². The van der Waals surface area contributed by atoms with E-state index in [2.05, 4.69) is 41.5 Å². The molecule has 1 atom stereocenters. The highest BCUT2D eigenvalue weighted by Gasteiger charge is 2.17. The van der Waals surface area contributed by atoms with E-state index in [4.69, 9.17) is 9.47 Å². The molecule has 3 N–H and O–H groups in total. The van der Waals surface area contributed by atoms with Crippen molar-refractivity contribution in [1.29, 1.82) is 5.26 Å². The van der Waals surface area contributed by atoms with Crippen LogP contribution in [0, 0.1) is 25.2 Å². The van der Waals surface area contributed by atoms with E-state index in [1.807, 2.05) is 37.3 Å². The highest BCUT2D eigenvalue weighted by Crippen LogP contribution is 2.29. The third-order valence-electron chi connectivity index (χ3n) is 6.81. The van der Waals surface area contributed by atoms with Crippen LogP contribution < -0.4 is 14.8 Å². The van der Waals surface area contributed by atoms with E-state index in [1.165, 1.54) is 6.20 Å². The second-order valence-electron chi connectivity index (χ2n) is 9.34. The minimum Gasteiger partial charge on any atom is -0.489 e. The zero-order chi connectivity index (χ0) is 28.5. The highest BCUT2D eigenvalue weighted by molar-refractivity contribution is 5.73. The fraction of sp³-hybridized carbons (Fsp3) is 0.219. The molecular weight excluding hydrogens is 506 g/mol. The molecule has 1 aromatic heterocycles. The van der Waals surface area contributed by atoms with E-state index >= 15 is 0 Å². The Hall–Kier alpha value is -4.71. The van der Waals surface area contributed by atoms with Crippen molar-refractivity contribution in [1.82, 2.24) is 10.3 Å². The summed E-state index contributed by atoms with van der Waals surface area (Å²) in [5, 5.41) is 30.8. The molecule has 1 unspecified atom stereocenters. The summed E-state index contributed by atoms with van der Waals surface area (Å²) in [7, 11) is 0. The standard InChI is InChI=1S/C32H31N3O5/c1-21-26(14-33)15-34-16-27(21)20-40-31-13-28(12-11-24(31)17-35-30(18-36)32(37)38)39-19-25-9-6-10-29(22(25)2)23-7-4-3-5-8-23/h3-13,15-16,30,35-36H,17-20H2,1-2H3,(H,37,38). The van der Waals surface area contributed by atoms with Crippen molar-refractivity contribution < 1.29 is 24.5 Å². The quantitative estimate of drug-likeness (QED) is 0.232. The van der Waals surface area contributed by atoms with Crippen LogP contribution in [0.2, 0.25) is 0 Å². The maximum absolute atomic E-state index is 11.4. The predicted octanol–water partition coefficient (Wildman–Crippen LogP) is 4.93. The summed E-state index contributed by atoms with van der Waals surface area (Å²) in [4.78, 5) is 15.5. The van der Waals surface area contributed by atoms with Gasteiger partial charge in [0.25, 0.3) is 0 Å². The highest BCUT2D eigenvalue weighted by atomic mass is 16.5. The molecule has 1 heterocycles. The molecule has 0 aliphatic rings. The van der Waals surface area contributed by atoms with Gasteiger partial charge in [0.05, 0.1) is 12.2 Å². The largest absolute Gasteiger partial charge is 0.489 e. The van der Waals surface area contributed by atoms with Gasteiger partial charge in [-0.15, -0.1) is 0 Å². The van der Waals surface area contributed by atoms with Crippen LogP contribution in [0.3, 0.4) is 0 Å². The first-order valence-corrected chi connectivity index (χ1v) is 12.8. The molecule has 0 radical (unpaired) electrons. The van der Waals surface area contributed by atoms with E-state index in [1.54, 1.807) is 24.4 Å². The third-order valence-corrected chi connectivity index (χ3v) is 6.81. The van der Waals surface area contributed by atoms with Crippen LogP contribution in [0.5, 0.6) is 11.5 Å². The van der Waals surface area contributed by atoms with Crippen LogP contribution >= 0.6 is 0 Å². The van der Waals surface area contributed by atoms with Gasteiger partial charge in [-0.3, -0.25) is 15.1 Å². The lowest BCUT2D eigenvalue weighted by Gasteiger charge is -2.18. The van der Waals surface area contributed by atoms with Crippen molar-refractivity contribution >= 4 is 5.97 Å². The Kier molecular flexibility index (Phi) is 9.47. The molecule has 0 bridgehead atoms. The maximum atomic E-state index is 11.4. The summed E-state index contributed by atoms with van der Waals surface area (Å²) in [5.41, 5.74) is 7.18. The topological polar surface area (TPSA) is 125 Å². The van der Waals surface area contributed by atoms with Crippen molar-refractivity contribution in [2.75, 3.05) is 6.61 Å². The number of aliphatic hydroxyl groups excluding tert-OH is 1. The van der Waals surface area contributed by atoms with Crippen molar-refractivity contribution in [2.45, 2.75) is 39.6 Å². The Morgan fingerprint density at radius 2 is 1.73 bits per heavy atom. The van der Waals surface area contributed by atoms with E-state index in [9.17, 15) is 20.3 Å². The number of aromatic nitrogens is 1. The van der Waals surface area contributed by atoms with Gasteiger partial charge in [0.15, 0.2) is 0 Å². The summed E-state index contributed by atoms with van der Waals surface area (Å²) < 4.78 is 12.3. The van der Waals surface area contributed by atoms with Gasteiger partial charge in [0.2, 0.25) is 0 Å². The van der Waals surface area contributed by atoms with Crippen molar-refractivity contribution in [2.24, 2.45) is 0 Å². The number of aliphatic carboxylic acids is 1. The van der Waals surface area contributed by atoms with Crippen LogP contribution in [-0.2, 0) is 24.6 Å². The van der Waals surface area contributed by atoms with Crippen LogP contribution in [0.1, 0.15) is 33.4 Å². The smallest absolute Gasteiger partial charge is 0.323 e. The molecule has 8 heteroatoms. The minimum atomic E-state index is -1.15. The first kappa shape index (κ1) is 28.3. The second kappa shape index (κ2) is 13.4. The second-order valence-corrected chi connectivity index (χ2v) is 9.34. The molecule has 4 aromatic rings. The summed E-state index contributed by atoms with van der Waals surface area (Å²) in [6, 6.07) is 22.7. The Balaban J connectivity index is 1.55. The Labute approximate surface area is 233 Å². The average molecular weight is 538 g/mol. The molecule has 40 heavy (non-hydrogen) atoms. The zero-order valence-corrected chi connectivity index (χ0v) is 22.4. The average Bonchev–Trinajstić information content (AvgIpc) is 2.97. The number of hydrogen-bond donors (Lipinski definition) is 3. The van der Waals surface area contributed by atoms with Gasteiger partial charge < -0.3 is 19.7 Å². The lowest BCUT2D eigenvalue weighted by Crippen LogP contribution is -2.39. The summed E-state index contributed by atoms with van der Waals surface area (Å²) in [5.74, 6) is -0.0718. The molecule has 0 saturated carbocycles. The zero-order valence-electron chi connectivity index (χ0n) is 22.4. The molecule has 0 spiro atoms. The van der Waals surface area contributed by atoms with Gasteiger partial charge in [-0.1, -0.05) is 54.6 Å². The van der Waals surface area contributed by atoms with Crippen LogP contribution in [0.4, 0.5) is 0 Å². The van der Waals surface area contributed by atoms with Gasteiger partial charge >= 0.3 is 5.97 Å². The number of hydrogen-bond acceptors (Lipinski definition) is 7. The number of rotatable bonds is 12. The predicted molar refractivity (Wildman–Crippen MR) is 151 cm³/mol. The molecule has 0 saturated heterocycles. The van der Waals surface area contributed by atoms with Gasteiger partial charge in [0, 0.05) is 36.1 Å². The van der Waals surface area contributed by atoms with Gasteiger partial charge in [-0.25, -0.2) is 0 Å². The molecule has 4 rings (SSSR count). The Bertz CT molecular complexity index is 1520. The van der Waals surface area contributed by atoms with Gasteiger partial charge in [-0.2, -0.15) is 5.26 Å². The normalized spacial score (nSPS) is 11.4. The van der Waals surface area contributed by atoms with Gasteiger partial charge in [-0.05, 0) is 47.7 Å². The first-order chi connectivity index (χ1) is 19.4. The van der Waals surface area contributed by atoms with E-state index < -0.39 is 18.6 Å². The number of nitriles is 1. The van der Waals surface area contributed by atoms with Crippen LogP contribution in [0.15, 0.2) is 79.1 Å². The fourth-order valence-electron chi connectivity index (χ4n) is 4.28. The van der Waals surface area contributed by atoms with Crippen LogP contribution in [0.25, 0.3) is 11.1 Å². The summed E-state index contributed by atoms with van der Waals surface area (Å²) in [6.45, 7) is 4.04. The number of benzene rings is 3. The molecule has 8 nitrogen and oxygen atoms in total. The molecule has 204 valence electrons. The molecule has 0 fully saturated rings. The Morgan fingerprint density at radius 3 is 2.45 bits per heavy atom. The number of nitrogens with one attached hydrogen (secondary N) is 1. The minimum absolute atomic E-state index is 0.154. The number of aliphatic hydroxyl groups is 1. The summed E-state index contributed by atoms with van der Waals surface area (Å²) >= 11 is 0. The molecule has 0 aliphatic heterocycles. The number of carbonyl (C=O) groups is 1.